The van der Waals surface area contributed by atoms with Gasteiger partial charge in [-0.2, -0.15) is 15.1 Å². The number of nitrogens with zero attached hydrogens (tertiary/aromatic N) is 6. The van der Waals surface area contributed by atoms with Gasteiger partial charge in [0.25, 0.3) is 0 Å². The maximum Gasteiger partial charge on any atom is 0.407 e. The number of alkyl halides is 1. The van der Waals surface area contributed by atoms with E-state index in [1.165, 1.54) is 7.11 Å². The van der Waals surface area contributed by atoms with Gasteiger partial charge in [-0.1, -0.05) is 0 Å². The van der Waals surface area contributed by atoms with Gasteiger partial charge in [0.15, 0.2) is 5.82 Å². The quantitative estimate of drug-likeness (QED) is 0.602. The van der Waals surface area contributed by atoms with Crippen LogP contribution in [0.15, 0.2) is 24.4 Å². The summed E-state index contributed by atoms with van der Waals surface area (Å²) in [5, 5.41) is 14.7. The third-order valence-electron chi connectivity index (χ3n) is 6.81. The van der Waals surface area contributed by atoms with Crippen molar-refractivity contribution in [2.75, 3.05) is 44.8 Å². The molecular formula is C24H29FN6O4. The van der Waals surface area contributed by atoms with Gasteiger partial charge < -0.3 is 24.4 Å². The number of aromatic nitrogens is 4. The molecule has 5 rings (SSSR count). The number of methoxy groups -OCH3 is 1. The molecule has 1 N–H and O–H groups in total. The predicted octanol–water partition coefficient (Wildman–Crippen LogP) is 3.16. The van der Waals surface area contributed by atoms with Gasteiger partial charge in [-0.15, -0.1) is 0 Å². The predicted molar refractivity (Wildman–Crippen MR) is 127 cm³/mol. The molecule has 3 atom stereocenters. The molecule has 0 aliphatic carbocycles. The normalized spacial score (nSPS) is 23.0. The Hall–Kier alpha value is -3.47. The van der Waals surface area contributed by atoms with E-state index in [4.69, 9.17) is 9.47 Å². The molecule has 2 aliphatic rings. The summed E-state index contributed by atoms with van der Waals surface area (Å²) in [5.41, 5.74) is 2.61. The number of carboxylic acid groups (broad SMARTS) is 1. The molecule has 2 fully saturated rings. The fourth-order valence-corrected chi connectivity index (χ4v) is 5.00. The van der Waals surface area contributed by atoms with Crippen LogP contribution in [-0.2, 0) is 4.74 Å². The molecule has 3 aromatic rings. The summed E-state index contributed by atoms with van der Waals surface area (Å²) in [6.07, 6.45) is -0.0856. The summed E-state index contributed by atoms with van der Waals surface area (Å²) in [6.45, 7) is 6.18. The summed E-state index contributed by atoms with van der Waals surface area (Å²) in [7, 11) is 1.53. The smallest absolute Gasteiger partial charge is 0.407 e. The van der Waals surface area contributed by atoms with Gasteiger partial charge in [-0.05, 0) is 43.5 Å². The van der Waals surface area contributed by atoms with Crippen LogP contribution in [0.5, 0.6) is 6.01 Å². The molecular weight excluding hydrogens is 455 g/mol. The Labute approximate surface area is 202 Å². The molecule has 0 saturated carbocycles. The number of likely N-dealkylation sites (tertiary alicyclic amines) is 1. The number of benzene rings is 1. The summed E-state index contributed by atoms with van der Waals surface area (Å²) in [6, 6.07) is 6.05. The van der Waals surface area contributed by atoms with E-state index in [0.717, 1.165) is 32.7 Å². The number of ether oxygens (including phenoxy) is 2. The highest BCUT2D eigenvalue weighted by molar-refractivity contribution is 5.82. The van der Waals surface area contributed by atoms with Crippen LogP contribution in [0.25, 0.3) is 16.7 Å². The lowest BCUT2D eigenvalue weighted by molar-refractivity contribution is 0.0529. The molecule has 4 heterocycles. The fraction of sp³-hybridized carbons (Fsp3) is 0.500. The van der Waals surface area contributed by atoms with Crippen molar-refractivity contribution in [3.63, 3.8) is 0 Å². The summed E-state index contributed by atoms with van der Waals surface area (Å²) in [5.74, 6) is 0.889. The lowest BCUT2D eigenvalue weighted by atomic mass is 9.85. The number of fused-ring (bicyclic) bond motifs is 1. The minimum absolute atomic E-state index is 0.0883. The van der Waals surface area contributed by atoms with E-state index in [1.807, 2.05) is 32.0 Å². The monoisotopic (exact) mass is 484 g/mol. The molecule has 3 unspecified atom stereocenters. The highest BCUT2D eigenvalue weighted by atomic mass is 19.1. The topological polar surface area (TPSA) is 106 Å². The highest BCUT2D eigenvalue weighted by Crippen LogP contribution is 2.35. The molecule has 1 amide bonds. The third-order valence-corrected chi connectivity index (χ3v) is 6.81. The number of anilines is 1. The first-order valence-corrected chi connectivity index (χ1v) is 11.7. The number of halogens is 1. The average molecular weight is 485 g/mol. The fourth-order valence-electron chi connectivity index (χ4n) is 5.00. The van der Waals surface area contributed by atoms with Gasteiger partial charge in [-0.25, -0.2) is 13.9 Å². The van der Waals surface area contributed by atoms with Crippen LogP contribution in [0.3, 0.4) is 0 Å². The third kappa shape index (κ3) is 4.47. The number of aryl methyl sites for hydroxylation is 1. The molecule has 0 spiro atoms. The van der Waals surface area contributed by atoms with Crippen LogP contribution in [0, 0.1) is 6.92 Å². The van der Waals surface area contributed by atoms with E-state index >= 15 is 4.39 Å². The Morgan fingerprint density at radius 2 is 2.00 bits per heavy atom. The molecule has 35 heavy (non-hydrogen) atoms. The van der Waals surface area contributed by atoms with E-state index < -0.39 is 12.3 Å². The number of amides is 1. The Bertz CT molecular complexity index is 1250. The second-order valence-corrected chi connectivity index (χ2v) is 9.16. The first kappa shape index (κ1) is 23.3. The second-order valence-electron chi connectivity index (χ2n) is 9.16. The summed E-state index contributed by atoms with van der Waals surface area (Å²) >= 11 is 0. The van der Waals surface area contributed by atoms with E-state index in [1.54, 1.807) is 10.9 Å². The van der Waals surface area contributed by atoms with Crippen LogP contribution in [0.4, 0.5) is 15.0 Å². The molecule has 11 heteroatoms. The van der Waals surface area contributed by atoms with Crippen molar-refractivity contribution >= 4 is 22.8 Å². The van der Waals surface area contributed by atoms with Gasteiger partial charge >= 0.3 is 12.1 Å². The van der Waals surface area contributed by atoms with Gasteiger partial charge in [0.1, 0.15) is 12.0 Å². The largest absolute Gasteiger partial charge is 0.467 e. The van der Waals surface area contributed by atoms with Crippen molar-refractivity contribution in [3.05, 3.63) is 35.5 Å². The first-order valence-electron chi connectivity index (χ1n) is 11.7. The van der Waals surface area contributed by atoms with Crippen molar-refractivity contribution in [3.8, 4) is 11.8 Å². The van der Waals surface area contributed by atoms with Crippen LogP contribution in [0.1, 0.15) is 30.4 Å². The zero-order chi connectivity index (χ0) is 24.7. The van der Waals surface area contributed by atoms with Crippen LogP contribution in [0.2, 0.25) is 0 Å². The molecule has 10 nitrogen and oxygen atoms in total. The van der Waals surface area contributed by atoms with Gasteiger partial charge in [0.05, 0.1) is 38.1 Å². The van der Waals surface area contributed by atoms with E-state index in [0.29, 0.717) is 38.5 Å². The van der Waals surface area contributed by atoms with Crippen molar-refractivity contribution in [2.24, 2.45) is 0 Å². The Morgan fingerprint density at radius 1 is 1.20 bits per heavy atom. The highest BCUT2D eigenvalue weighted by Gasteiger charge is 2.33. The Balaban J connectivity index is 1.53. The summed E-state index contributed by atoms with van der Waals surface area (Å²) < 4.78 is 27.8. The van der Waals surface area contributed by atoms with Crippen LogP contribution < -0.4 is 9.64 Å². The van der Waals surface area contributed by atoms with Crippen LogP contribution in [-0.4, -0.2) is 88.0 Å². The van der Waals surface area contributed by atoms with Gasteiger partial charge in [0, 0.05) is 37.0 Å². The first-order chi connectivity index (χ1) is 16.8. The average Bonchev–Trinajstić information content (AvgIpc) is 3.25. The molecule has 2 aliphatic heterocycles. The van der Waals surface area contributed by atoms with E-state index in [-0.39, 0.29) is 24.6 Å². The molecule has 186 valence electrons. The van der Waals surface area contributed by atoms with Gasteiger partial charge in [-0.3, -0.25) is 0 Å². The van der Waals surface area contributed by atoms with Crippen molar-refractivity contribution < 1.29 is 23.8 Å². The Morgan fingerprint density at radius 3 is 2.71 bits per heavy atom. The molecule has 0 radical (unpaired) electrons. The van der Waals surface area contributed by atoms with Gasteiger partial charge in [0.2, 0.25) is 0 Å². The zero-order valence-electron chi connectivity index (χ0n) is 20.0. The molecule has 2 saturated heterocycles. The SMILES string of the molecule is COc1nc(N2CCOC(C)C2)cc(-n2ncc3cc(C)c(C4CCN(C(=O)O)CC4F)cc32)n1. The van der Waals surface area contributed by atoms with Crippen molar-refractivity contribution in [2.45, 2.75) is 38.5 Å². The maximum absolute atomic E-state index is 15.1. The van der Waals surface area contributed by atoms with E-state index in [9.17, 15) is 9.90 Å². The molecule has 1 aromatic carbocycles. The second kappa shape index (κ2) is 9.29. The number of morpholine rings is 1. The lowest BCUT2D eigenvalue weighted by Gasteiger charge is -2.34. The minimum Gasteiger partial charge on any atom is -0.467 e. The lowest BCUT2D eigenvalue weighted by Crippen LogP contribution is -2.43. The van der Waals surface area contributed by atoms with E-state index in [2.05, 4.69) is 20.0 Å². The number of piperidine rings is 1. The maximum atomic E-state index is 15.1. The van der Waals surface area contributed by atoms with Crippen molar-refractivity contribution in [1.29, 1.82) is 0 Å². The molecule has 0 bridgehead atoms. The summed E-state index contributed by atoms with van der Waals surface area (Å²) in [4.78, 5) is 23.6. The minimum atomic E-state index is -1.28. The number of hydrogen-bond acceptors (Lipinski definition) is 7. The number of carbonyl (C=O) groups is 1. The standard InChI is InChI=1S/C24H29FN6O4/c1-14-8-16-11-26-31(20(16)9-18(14)17-4-5-30(24(32)33)13-19(17)25)22-10-21(27-23(28-22)34-3)29-6-7-35-15(2)12-29/h8-11,15,17,19H,4-7,12-13H2,1-3H3,(H,32,33). The molecule has 2 aromatic heterocycles. The van der Waals surface area contributed by atoms with Crippen LogP contribution >= 0.6 is 0 Å². The van der Waals surface area contributed by atoms with Crippen molar-refractivity contribution in [1.82, 2.24) is 24.6 Å². The zero-order valence-corrected chi connectivity index (χ0v) is 20.0. The Kier molecular flexibility index (Phi) is 6.18. The number of hydrogen-bond donors (Lipinski definition) is 1. The number of rotatable bonds is 4.